The van der Waals surface area contributed by atoms with E-state index < -0.39 is 11.7 Å². The Morgan fingerprint density at radius 3 is 2.15 bits per heavy atom. The second kappa shape index (κ2) is 7.47. The number of halogens is 3. The van der Waals surface area contributed by atoms with Crippen molar-refractivity contribution < 1.29 is 22.4 Å². The summed E-state index contributed by atoms with van der Waals surface area (Å²) in [5, 5.41) is 0. The van der Waals surface area contributed by atoms with Crippen molar-refractivity contribution in [2.45, 2.75) is 19.3 Å². The van der Waals surface area contributed by atoms with E-state index in [-0.39, 0.29) is 18.0 Å². The fourth-order valence-corrected chi connectivity index (χ4v) is 2.58. The third-order valence-corrected chi connectivity index (χ3v) is 3.89. The summed E-state index contributed by atoms with van der Waals surface area (Å²) in [7, 11) is 0. The van der Waals surface area contributed by atoms with Crippen LogP contribution in [0.1, 0.15) is 27.2 Å². The van der Waals surface area contributed by atoms with E-state index in [1.165, 1.54) is 23.3 Å². The van der Waals surface area contributed by atoms with E-state index in [0.29, 0.717) is 12.3 Å². The lowest BCUT2D eigenvalue weighted by Crippen LogP contribution is -2.30. The lowest BCUT2D eigenvalue weighted by Gasteiger charge is -2.22. The molecule has 0 bridgehead atoms. The Morgan fingerprint density at radius 1 is 0.885 bits per heavy atom. The second-order valence-corrected chi connectivity index (χ2v) is 5.80. The standard InChI is InChI=1S/C20H16F3NO2/c21-20(22,23)17-10-8-16(9-11-17)19(25)24(14-18-7-4-12-26-18)13-15-5-2-1-3-6-15/h1-12H,13-14H2. The maximum absolute atomic E-state index is 12.8. The number of nitrogens with zero attached hydrogens (tertiary/aromatic N) is 1. The molecule has 6 heteroatoms. The fourth-order valence-electron chi connectivity index (χ4n) is 2.58. The highest BCUT2D eigenvalue weighted by Gasteiger charge is 2.30. The van der Waals surface area contributed by atoms with Crippen LogP contribution in [0.25, 0.3) is 0 Å². The van der Waals surface area contributed by atoms with Crippen LogP contribution in [0.4, 0.5) is 13.2 Å². The number of carbonyl (C=O) groups excluding carboxylic acids is 1. The van der Waals surface area contributed by atoms with Crippen molar-refractivity contribution >= 4 is 5.91 Å². The molecule has 3 nitrogen and oxygen atoms in total. The molecule has 1 aromatic heterocycles. The van der Waals surface area contributed by atoms with E-state index >= 15 is 0 Å². The third kappa shape index (κ3) is 4.33. The van der Waals surface area contributed by atoms with Gasteiger partial charge in [0.1, 0.15) is 5.76 Å². The molecule has 0 N–H and O–H groups in total. The van der Waals surface area contributed by atoms with Crippen molar-refractivity contribution in [2.75, 3.05) is 0 Å². The highest BCUT2D eigenvalue weighted by Crippen LogP contribution is 2.29. The van der Waals surface area contributed by atoms with Crippen LogP contribution >= 0.6 is 0 Å². The summed E-state index contributed by atoms with van der Waals surface area (Å²) in [4.78, 5) is 14.4. The summed E-state index contributed by atoms with van der Waals surface area (Å²) in [5.41, 5.74) is 0.328. The average molecular weight is 359 g/mol. The first-order chi connectivity index (χ1) is 12.4. The molecule has 3 aromatic rings. The summed E-state index contributed by atoms with van der Waals surface area (Å²) in [6.45, 7) is 0.545. The van der Waals surface area contributed by atoms with Gasteiger partial charge in [0.15, 0.2) is 0 Å². The Morgan fingerprint density at radius 2 is 1.58 bits per heavy atom. The number of furan rings is 1. The Balaban J connectivity index is 1.84. The van der Waals surface area contributed by atoms with E-state index in [2.05, 4.69) is 0 Å². The van der Waals surface area contributed by atoms with Gasteiger partial charge >= 0.3 is 6.18 Å². The predicted molar refractivity (Wildman–Crippen MR) is 90.2 cm³/mol. The molecule has 0 saturated heterocycles. The van der Waals surface area contributed by atoms with Crippen LogP contribution in [0.15, 0.2) is 77.4 Å². The first-order valence-electron chi connectivity index (χ1n) is 7.96. The Hall–Kier alpha value is -3.02. The van der Waals surface area contributed by atoms with Gasteiger partial charge in [-0.1, -0.05) is 30.3 Å². The summed E-state index contributed by atoms with van der Waals surface area (Å²) < 4.78 is 43.4. The molecule has 0 aliphatic carbocycles. The van der Waals surface area contributed by atoms with Gasteiger partial charge in [-0.15, -0.1) is 0 Å². The molecular weight excluding hydrogens is 343 g/mol. The molecule has 0 atom stereocenters. The molecule has 134 valence electrons. The molecule has 0 saturated carbocycles. The van der Waals surface area contributed by atoms with Crippen LogP contribution in [0.2, 0.25) is 0 Å². The van der Waals surface area contributed by atoms with E-state index in [1.54, 1.807) is 12.1 Å². The highest BCUT2D eigenvalue weighted by atomic mass is 19.4. The molecular formula is C20H16F3NO2. The van der Waals surface area contributed by atoms with Crippen LogP contribution in [0.3, 0.4) is 0 Å². The quantitative estimate of drug-likeness (QED) is 0.632. The third-order valence-electron chi connectivity index (χ3n) is 3.89. The molecule has 0 aliphatic rings. The van der Waals surface area contributed by atoms with Crippen LogP contribution < -0.4 is 0 Å². The molecule has 2 aromatic carbocycles. The minimum Gasteiger partial charge on any atom is -0.467 e. The molecule has 1 amide bonds. The van der Waals surface area contributed by atoms with Crippen LogP contribution in [-0.4, -0.2) is 10.8 Å². The number of amides is 1. The van der Waals surface area contributed by atoms with Gasteiger partial charge in [0.05, 0.1) is 18.4 Å². The number of benzene rings is 2. The van der Waals surface area contributed by atoms with Gasteiger partial charge in [-0.25, -0.2) is 0 Å². The zero-order chi connectivity index (χ0) is 18.6. The summed E-state index contributed by atoms with van der Waals surface area (Å²) in [6.07, 6.45) is -2.92. The number of hydrogen-bond donors (Lipinski definition) is 0. The van der Waals surface area contributed by atoms with Crippen molar-refractivity contribution in [3.8, 4) is 0 Å². The summed E-state index contributed by atoms with van der Waals surface area (Å²) in [5.74, 6) is 0.236. The zero-order valence-corrected chi connectivity index (χ0v) is 13.7. The molecule has 0 radical (unpaired) electrons. The van der Waals surface area contributed by atoms with Gasteiger partial charge in [0.2, 0.25) is 0 Å². The fraction of sp³-hybridized carbons (Fsp3) is 0.150. The average Bonchev–Trinajstić information content (AvgIpc) is 3.14. The van der Waals surface area contributed by atoms with Crippen LogP contribution in [-0.2, 0) is 19.3 Å². The van der Waals surface area contributed by atoms with E-state index in [0.717, 1.165) is 17.7 Å². The largest absolute Gasteiger partial charge is 0.467 e. The number of rotatable bonds is 5. The molecule has 0 spiro atoms. The van der Waals surface area contributed by atoms with Gasteiger partial charge in [0, 0.05) is 12.1 Å². The van der Waals surface area contributed by atoms with Gasteiger partial charge in [0.25, 0.3) is 5.91 Å². The van der Waals surface area contributed by atoms with Gasteiger partial charge in [-0.2, -0.15) is 13.2 Å². The molecule has 3 rings (SSSR count). The van der Waals surface area contributed by atoms with Crippen LogP contribution in [0, 0.1) is 0 Å². The Labute approximate surface area is 148 Å². The maximum atomic E-state index is 12.8. The topological polar surface area (TPSA) is 33.5 Å². The number of carbonyl (C=O) groups is 1. The van der Waals surface area contributed by atoms with Crippen molar-refractivity contribution in [2.24, 2.45) is 0 Å². The minimum absolute atomic E-state index is 0.195. The van der Waals surface area contributed by atoms with E-state index in [4.69, 9.17) is 4.42 Å². The first kappa shape index (κ1) is 17.8. The minimum atomic E-state index is -4.43. The van der Waals surface area contributed by atoms with Gasteiger partial charge < -0.3 is 9.32 Å². The van der Waals surface area contributed by atoms with Crippen LogP contribution in [0.5, 0.6) is 0 Å². The van der Waals surface area contributed by atoms with Gasteiger partial charge in [-0.3, -0.25) is 4.79 Å². The maximum Gasteiger partial charge on any atom is 0.416 e. The Kier molecular flexibility index (Phi) is 5.11. The lowest BCUT2D eigenvalue weighted by molar-refractivity contribution is -0.137. The molecule has 0 unspecified atom stereocenters. The summed E-state index contributed by atoms with van der Waals surface area (Å²) in [6, 6.07) is 17.1. The number of hydrogen-bond acceptors (Lipinski definition) is 2. The number of alkyl halides is 3. The smallest absolute Gasteiger partial charge is 0.416 e. The van der Waals surface area contributed by atoms with Crippen molar-refractivity contribution in [1.82, 2.24) is 4.90 Å². The molecule has 26 heavy (non-hydrogen) atoms. The highest BCUT2D eigenvalue weighted by molar-refractivity contribution is 5.94. The zero-order valence-electron chi connectivity index (χ0n) is 13.7. The molecule has 0 aliphatic heterocycles. The van der Waals surface area contributed by atoms with Crippen molar-refractivity contribution in [3.63, 3.8) is 0 Å². The van der Waals surface area contributed by atoms with E-state index in [9.17, 15) is 18.0 Å². The van der Waals surface area contributed by atoms with Crippen molar-refractivity contribution in [3.05, 3.63) is 95.4 Å². The first-order valence-corrected chi connectivity index (χ1v) is 7.96. The van der Waals surface area contributed by atoms with Gasteiger partial charge in [-0.05, 0) is 42.0 Å². The monoisotopic (exact) mass is 359 g/mol. The predicted octanol–water partition coefficient (Wildman–Crippen LogP) is 5.14. The lowest BCUT2D eigenvalue weighted by atomic mass is 10.1. The molecule has 0 fully saturated rings. The SMILES string of the molecule is O=C(c1ccc(C(F)(F)F)cc1)N(Cc1ccccc1)Cc1ccco1. The normalized spacial score (nSPS) is 11.3. The van der Waals surface area contributed by atoms with E-state index in [1.807, 2.05) is 30.3 Å². The Bertz CT molecular complexity index is 841. The summed E-state index contributed by atoms with van der Waals surface area (Å²) >= 11 is 0. The second-order valence-electron chi connectivity index (χ2n) is 5.80. The van der Waals surface area contributed by atoms with Crippen molar-refractivity contribution in [1.29, 1.82) is 0 Å². The molecule has 1 heterocycles.